The van der Waals surface area contributed by atoms with E-state index in [0.29, 0.717) is 4.99 Å². The number of hydrogen-bond acceptors (Lipinski definition) is 4. The predicted molar refractivity (Wildman–Crippen MR) is 80.0 cm³/mol. The Balaban J connectivity index is 2.63. The van der Waals surface area contributed by atoms with Crippen LogP contribution in [0.4, 0.5) is 0 Å². The number of rotatable bonds is 4. The average molecular weight is 281 g/mol. The van der Waals surface area contributed by atoms with Crippen LogP contribution in [0.25, 0.3) is 10.1 Å². The van der Waals surface area contributed by atoms with Gasteiger partial charge in [-0.3, -0.25) is 0 Å². The van der Waals surface area contributed by atoms with E-state index in [0.717, 1.165) is 26.5 Å². The molecule has 0 fully saturated rings. The fraction of sp³-hybridized carbons (Fsp3) is 0.308. The summed E-state index contributed by atoms with van der Waals surface area (Å²) in [6.07, 6.45) is 0.0815. The van der Waals surface area contributed by atoms with Gasteiger partial charge in [0, 0.05) is 10.1 Å². The SMILES string of the molecule is COc1ccc2c(OC(C)C)c(C(N)=S)sc2c1. The highest BCUT2D eigenvalue weighted by molar-refractivity contribution is 7.81. The van der Waals surface area contributed by atoms with E-state index in [2.05, 4.69) is 0 Å². The molecule has 0 unspecified atom stereocenters. The van der Waals surface area contributed by atoms with Crippen molar-refractivity contribution in [1.82, 2.24) is 0 Å². The molecule has 0 saturated heterocycles. The second kappa shape index (κ2) is 5.12. The van der Waals surface area contributed by atoms with Crippen molar-refractivity contribution in [3.05, 3.63) is 23.1 Å². The zero-order chi connectivity index (χ0) is 13.3. The van der Waals surface area contributed by atoms with Crippen LogP contribution in [-0.2, 0) is 0 Å². The summed E-state index contributed by atoms with van der Waals surface area (Å²) in [5, 5.41) is 1.03. The molecule has 0 spiro atoms. The van der Waals surface area contributed by atoms with Gasteiger partial charge >= 0.3 is 0 Å². The maximum atomic E-state index is 5.84. The Morgan fingerprint density at radius 1 is 1.39 bits per heavy atom. The molecular weight excluding hydrogens is 266 g/mol. The summed E-state index contributed by atoms with van der Waals surface area (Å²) in [7, 11) is 1.65. The van der Waals surface area contributed by atoms with Crippen LogP contribution in [0.2, 0.25) is 0 Å². The summed E-state index contributed by atoms with van der Waals surface area (Å²) in [6, 6.07) is 5.85. The van der Waals surface area contributed by atoms with Crippen LogP contribution in [0.15, 0.2) is 18.2 Å². The molecule has 0 radical (unpaired) electrons. The molecule has 1 heterocycles. The smallest absolute Gasteiger partial charge is 0.148 e. The van der Waals surface area contributed by atoms with Crippen molar-refractivity contribution in [2.45, 2.75) is 20.0 Å². The normalized spacial score (nSPS) is 10.9. The fourth-order valence-corrected chi connectivity index (χ4v) is 2.93. The minimum atomic E-state index is 0.0815. The molecule has 2 rings (SSSR count). The molecule has 2 N–H and O–H groups in total. The van der Waals surface area contributed by atoms with E-state index in [1.807, 2.05) is 32.0 Å². The zero-order valence-electron chi connectivity index (χ0n) is 10.5. The summed E-state index contributed by atoms with van der Waals surface area (Å²) in [5.74, 6) is 1.59. The predicted octanol–water partition coefficient (Wildman–Crippen LogP) is 3.33. The second-order valence-corrected chi connectivity index (χ2v) is 5.65. The van der Waals surface area contributed by atoms with Gasteiger partial charge in [0.2, 0.25) is 0 Å². The van der Waals surface area contributed by atoms with E-state index in [9.17, 15) is 0 Å². The average Bonchev–Trinajstić information content (AvgIpc) is 2.66. The number of fused-ring (bicyclic) bond motifs is 1. The lowest BCUT2D eigenvalue weighted by Gasteiger charge is -2.10. The number of hydrogen-bond donors (Lipinski definition) is 1. The van der Waals surface area contributed by atoms with Crippen LogP contribution >= 0.6 is 23.6 Å². The number of thiocarbonyl (C=S) groups is 1. The maximum Gasteiger partial charge on any atom is 0.148 e. The second-order valence-electron chi connectivity index (χ2n) is 4.15. The van der Waals surface area contributed by atoms with E-state index in [1.54, 1.807) is 7.11 Å². The van der Waals surface area contributed by atoms with Crippen LogP contribution in [0.1, 0.15) is 18.7 Å². The van der Waals surface area contributed by atoms with Gasteiger partial charge in [0.05, 0.1) is 13.2 Å². The van der Waals surface area contributed by atoms with Crippen LogP contribution in [0.3, 0.4) is 0 Å². The molecule has 96 valence electrons. The molecule has 18 heavy (non-hydrogen) atoms. The summed E-state index contributed by atoms with van der Waals surface area (Å²) < 4.78 is 12.1. The first-order chi connectivity index (χ1) is 8.52. The lowest BCUT2D eigenvalue weighted by Crippen LogP contribution is -2.12. The molecule has 0 atom stereocenters. The highest BCUT2D eigenvalue weighted by Gasteiger charge is 2.17. The Labute approximate surface area is 116 Å². The Morgan fingerprint density at radius 3 is 2.67 bits per heavy atom. The largest absolute Gasteiger partial charge is 0.497 e. The van der Waals surface area contributed by atoms with Crippen molar-refractivity contribution in [1.29, 1.82) is 0 Å². The molecule has 0 aliphatic rings. The minimum absolute atomic E-state index is 0.0815. The number of methoxy groups -OCH3 is 1. The van der Waals surface area contributed by atoms with Gasteiger partial charge in [-0.2, -0.15) is 0 Å². The fourth-order valence-electron chi connectivity index (χ4n) is 1.70. The first kappa shape index (κ1) is 13.1. The topological polar surface area (TPSA) is 44.5 Å². The first-order valence-corrected chi connectivity index (χ1v) is 6.82. The monoisotopic (exact) mass is 281 g/mol. The van der Waals surface area contributed by atoms with E-state index in [1.165, 1.54) is 11.3 Å². The lowest BCUT2D eigenvalue weighted by molar-refractivity contribution is 0.246. The van der Waals surface area contributed by atoms with Crippen molar-refractivity contribution >= 4 is 38.6 Å². The van der Waals surface area contributed by atoms with Gasteiger partial charge in [-0.15, -0.1) is 11.3 Å². The highest BCUT2D eigenvalue weighted by atomic mass is 32.1. The first-order valence-electron chi connectivity index (χ1n) is 5.60. The highest BCUT2D eigenvalue weighted by Crippen LogP contribution is 2.39. The maximum absolute atomic E-state index is 5.84. The number of thiophene rings is 1. The Kier molecular flexibility index (Phi) is 3.73. The third-order valence-corrected chi connectivity index (χ3v) is 3.93. The number of benzene rings is 1. The Bertz CT molecular complexity index is 590. The van der Waals surface area contributed by atoms with Crippen molar-refractivity contribution in [2.24, 2.45) is 5.73 Å². The van der Waals surface area contributed by atoms with Crippen molar-refractivity contribution in [3.8, 4) is 11.5 Å². The molecule has 5 heteroatoms. The van der Waals surface area contributed by atoms with Crippen LogP contribution in [-0.4, -0.2) is 18.2 Å². The molecule has 0 bridgehead atoms. The molecule has 2 aromatic rings. The van der Waals surface area contributed by atoms with Gasteiger partial charge in [-0.25, -0.2) is 0 Å². The van der Waals surface area contributed by atoms with Crippen molar-refractivity contribution in [3.63, 3.8) is 0 Å². The molecule has 1 aromatic carbocycles. The molecule has 0 saturated carbocycles. The Morgan fingerprint density at radius 2 is 2.11 bits per heavy atom. The van der Waals surface area contributed by atoms with Gasteiger partial charge in [-0.1, -0.05) is 12.2 Å². The molecule has 0 aliphatic carbocycles. The van der Waals surface area contributed by atoms with Crippen LogP contribution in [0.5, 0.6) is 11.5 Å². The molecule has 3 nitrogen and oxygen atoms in total. The molecule has 0 aliphatic heterocycles. The van der Waals surface area contributed by atoms with Gasteiger partial charge in [0.25, 0.3) is 0 Å². The van der Waals surface area contributed by atoms with Crippen molar-refractivity contribution in [2.75, 3.05) is 7.11 Å². The zero-order valence-corrected chi connectivity index (χ0v) is 12.2. The molecule has 1 aromatic heterocycles. The lowest BCUT2D eigenvalue weighted by atomic mass is 10.2. The third-order valence-electron chi connectivity index (χ3n) is 2.43. The van der Waals surface area contributed by atoms with E-state index >= 15 is 0 Å². The third kappa shape index (κ3) is 2.42. The molecular formula is C13H15NO2S2. The molecule has 0 amide bonds. The minimum Gasteiger partial charge on any atom is -0.497 e. The Hall–Kier alpha value is -1.33. The van der Waals surface area contributed by atoms with Crippen LogP contribution < -0.4 is 15.2 Å². The summed E-state index contributed by atoms with van der Waals surface area (Å²) >= 11 is 6.61. The van der Waals surface area contributed by atoms with Crippen molar-refractivity contribution < 1.29 is 9.47 Å². The number of nitrogens with two attached hydrogens (primary N) is 1. The van der Waals surface area contributed by atoms with Gasteiger partial charge < -0.3 is 15.2 Å². The van der Waals surface area contributed by atoms with Gasteiger partial charge in [-0.05, 0) is 32.0 Å². The van der Waals surface area contributed by atoms with Crippen LogP contribution in [0, 0.1) is 0 Å². The van der Waals surface area contributed by atoms with E-state index in [-0.39, 0.29) is 6.10 Å². The van der Waals surface area contributed by atoms with Gasteiger partial charge in [0.1, 0.15) is 21.4 Å². The van der Waals surface area contributed by atoms with E-state index < -0.39 is 0 Å². The summed E-state index contributed by atoms with van der Waals surface area (Å²) in [4.78, 5) is 1.19. The summed E-state index contributed by atoms with van der Waals surface area (Å²) in [6.45, 7) is 3.97. The van der Waals surface area contributed by atoms with Gasteiger partial charge in [0.15, 0.2) is 0 Å². The van der Waals surface area contributed by atoms with E-state index in [4.69, 9.17) is 27.4 Å². The number of ether oxygens (including phenoxy) is 2. The standard InChI is InChI=1S/C13H15NO2S2/c1-7(2)16-11-9-5-4-8(15-3)6-10(9)18-12(11)13(14)17/h4-7H,1-3H3,(H2,14,17). The summed E-state index contributed by atoms with van der Waals surface area (Å²) in [5.41, 5.74) is 5.76. The quantitative estimate of drug-likeness (QED) is 0.873.